The molecular formula is C22H21ClN2O3S. The molecule has 3 aromatic rings. The summed E-state index contributed by atoms with van der Waals surface area (Å²) in [5, 5.41) is 4.38. The minimum atomic E-state index is -0.755. The first-order chi connectivity index (χ1) is 14.1. The van der Waals surface area contributed by atoms with Crippen LogP contribution in [-0.4, -0.2) is 23.7 Å². The highest BCUT2D eigenvalue weighted by Gasteiger charge is 2.32. The quantitative estimate of drug-likeness (QED) is 0.387. The van der Waals surface area contributed by atoms with Crippen molar-refractivity contribution in [2.45, 2.75) is 33.0 Å². The van der Waals surface area contributed by atoms with Gasteiger partial charge in [0.25, 0.3) is 0 Å². The Morgan fingerprint density at radius 3 is 3.00 bits per heavy atom. The van der Waals surface area contributed by atoms with Crippen molar-refractivity contribution in [2.24, 2.45) is 0 Å². The number of carbonyl (C=O) groups excluding carboxylic acids is 1. The van der Waals surface area contributed by atoms with Crippen molar-refractivity contribution < 1.29 is 14.3 Å². The maximum Gasteiger partial charge on any atom is 0.232 e. The monoisotopic (exact) mass is 428 g/mol. The number of nitrogens with zero attached hydrogens (tertiary/aromatic N) is 1. The van der Waals surface area contributed by atoms with E-state index in [1.165, 1.54) is 11.3 Å². The minimum Gasteiger partial charge on any atom is -0.460 e. The van der Waals surface area contributed by atoms with Crippen LogP contribution >= 0.6 is 22.9 Å². The van der Waals surface area contributed by atoms with Gasteiger partial charge in [-0.3, -0.25) is 4.79 Å². The van der Waals surface area contributed by atoms with Crippen LogP contribution in [0.1, 0.15) is 35.7 Å². The van der Waals surface area contributed by atoms with Gasteiger partial charge in [-0.25, -0.2) is 4.98 Å². The number of fused-ring (bicyclic) bond motifs is 2. The number of benzene rings is 2. The van der Waals surface area contributed by atoms with Gasteiger partial charge in [0.15, 0.2) is 10.9 Å². The molecule has 0 unspecified atom stereocenters. The van der Waals surface area contributed by atoms with E-state index in [1.54, 1.807) is 12.3 Å². The summed E-state index contributed by atoms with van der Waals surface area (Å²) in [7, 11) is 0. The van der Waals surface area contributed by atoms with E-state index >= 15 is 0 Å². The van der Waals surface area contributed by atoms with Crippen LogP contribution < -0.4 is 10.1 Å². The lowest BCUT2D eigenvalue weighted by molar-refractivity contribution is -0.0570. The molecule has 1 aliphatic heterocycles. The van der Waals surface area contributed by atoms with Gasteiger partial charge in [0, 0.05) is 6.20 Å². The molecule has 0 saturated carbocycles. The van der Waals surface area contributed by atoms with Gasteiger partial charge >= 0.3 is 0 Å². The highest BCUT2D eigenvalue weighted by atomic mass is 35.5. The molecule has 2 heterocycles. The van der Waals surface area contributed by atoms with Gasteiger partial charge in [0.05, 0.1) is 27.5 Å². The highest BCUT2D eigenvalue weighted by molar-refractivity contribution is 7.22. The van der Waals surface area contributed by atoms with E-state index in [4.69, 9.17) is 21.1 Å². The third-order valence-electron chi connectivity index (χ3n) is 4.62. The number of ketones is 1. The molecule has 0 saturated heterocycles. The Bertz CT molecular complexity index is 1090. The second kappa shape index (κ2) is 8.53. The summed E-state index contributed by atoms with van der Waals surface area (Å²) < 4.78 is 12.8. The number of unbranched alkanes of at least 4 members (excludes halogenated alkanes) is 1. The molecule has 4 rings (SSSR count). The van der Waals surface area contributed by atoms with Gasteiger partial charge in [0.1, 0.15) is 11.3 Å². The summed E-state index contributed by atoms with van der Waals surface area (Å²) in [5.74, 6) is 0.439. The minimum absolute atomic E-state index is 0.108. The number of para-hydroxylation sites is 1. The number of anilines is 1. The van der Waals surface area contributed by atoms with Crippen molar-refractivity contribution in [2.75, 3.05) is 11.9 Å². The molecule has 1 aliphatic rings. The van der Waals surface area contributed by atoms with Crippen molar-refractivity contribution in [1.29, 1.82) is 0 Å². The Balaban J connectivity index is 1.64. The predicted octanol–water partition coefficient (Wildman–Crippen LogP) is 5.97. The van der Waals surface area contributed by atoms with Crippen LogP contribution in [-0.2, 0) is 4.74 Å². The Hall–Kier alpha value is -2.41. The van der Waals surface area contributed by atoms with Crippen LogP contribution in [0, 0.1) is 6.92 Å². The zero-order valence-electron chi connectivity index (χ0n) is 16.2. The SMILES string of the molecule is CCCCO[C@@H]1Oc2ccc(C)cc2C(=O)/C1=C/Nc1nc2c(Cl)cccc2s1. The number of ether oxygens (including phenoxy) is 2. The number of Topliss-reactive ketones (excluding diaryl/α,β-unsaturated/α-hetero) is 1. The Morgan fingerprint density at radius 1 is 1.34 bits per heavy atom. The first-order valence-corrected chi connectivity index (χ1v) is 10.7. The van der Waals surface area contributed by atoms with Gasteiger partial charge < -0.3 is 14.8 Å². The van der Waals surface area contributed by atoms with Crippen molar-refractivity contribution in [1.82, 2.24) is 4.98 Å². The summed E-state index contributed by atoms with van der Waals surface area (Å²) in [5.41, 5.74) is 2.70. The number of halogens is 1. The molecule has 0 amide bonds. The maximum absolute atomic E-state index is 13.2. The predicted molar refractivity (Wildman–Crippen MR) is 117 cm³/mol. The van der Waals surface area contributed by atoms with E-state index in [0.29, 0.717) is 33.6 Å². The van der Waals surface area contributed by atoms with Gasteiger partial charge in [-0.15, -0.1) is 0 Å². The fourth-order valence-electron chi connectivity index (χ4n) is 3.07. The summed E-state index contributed by atoms with van der Waals surface area (Å²) in [6.45, 7) is 4.55. The standard InChI is InChI=1S/C22H21ClN2O3S/c1-3-4-10-27-21-15(20(26)14-11-13(2)8-9-17(14)28-21)12-24-22-25-19-16(23)6-5-7-18(19)29-22/h5-9,11-12,21H,3-4,10H2,1-2H3,(H,24,25)/b15-12-/t21-/m1/s1. The summed E-state index contributed by atoms with van der Waals surface area (Å²) in [6, 6.07) is 11.2. The van der Waals surface area contributed by atoms with Crippen LogP contribution in [0.3, 0.4) is 0 Å². The van der Waals surface area contributed by atoms with Crippen molar-refractivity contribution in [3.63, 3.8) is 0 Å². The largest absolute Gasteiger partial charge is 0.460 e. The van der Waals surface area contributed by atoms with E-state index in [0.717, 1.165) is 28.6 Å². The molecule has 1 aromatic heterocycles. The average molecular weight is 429 g/mol. The van der Waals surface area contributed by atoms with Crippen LogP contribution in [0.2, 0.25) is 5.02 Å². The number of aromatic nitrogens is 1. The lowest BCUT2D eigenvalue weighted by Gasteiger charge is -2.27. The Labute approximate surface area is 178 Å². The first kappa shape index (κ1) is 19.9. The topological polar surface area (TPSA) is 60.5 Å². The molecule has 0 aliphatic carbocycles. The zero-order chi connectivity index (χ0) is 20.4. The number of carbonyl (C=O) groups is 1. The highest BCUT2D eigenvalue weighted by Crippen LogP contribution is 2.34. The number of hydrogen-bond donors (Lipinski definition) is 1. The van der Waals surface area contributed by atoms with Crippen LogP contribution in [0.4, 0.5) is 5.13 Å². The average Bonchev–Trinajstić information content (AvgIpc) is 3.13. The lowest BCUT2D eigenvalue weighted by Crippen LogP contribution is -2.33. The number of aryl methyl sites for hydroxylation is 1. The second-order valence-electron chi connectivity index (χ2n) is 6.85. The summed E-state index contributed by atoms with van der Waals surface area (Å²) in [6.07, 6.45) is 2.77. The molecule has 0 fully saturated rings. The normalized spacial score (nSPS) is 17.4. The molecular weight excluding hydrogens is 408 g/mol. The third-order valence-corrected chi connectivity index (χ3v) is 5.87. The Kier molecular flexibility index (Phi) is 5.85. The van der Waals surface area contributed by atoms with E-state index in [2.05, 4.69) is 17.2 Å². The number of rotatable bonds is 6. The van der Waals surface area contributed by atoms with Crippen LogP contribution in [0.15, 0.2) is 48.2 Å². The van der Waals surface area contributed by atoms with Gasteiger partial charge in [0.2, 0.25) is 6.29 Å². The van der Waals surface area contributed by atoms with Gasteiger partial charge in [-0.2, -0.15) is 0 Å². The van der Waals surface area contributed by atoms with Crippen molar-refractivity contribution in [3.05, 3.63) is 64.3 Å². The summed E-state index contributed by atoms with van der Waals surface area (Å²) in [4.78, 5) is 17.7. The summed E-state index contributed by atoms with van der Waals surface area (Å²) >= 11 is 7.68. The van der Waals surface area contributed by atoms with E-state index < -0.39 is 6.29 Å². The molecule has 150 valence electrons. The fourth-order valence-corrected chi connectivity index (χ4v) is 4.21. The van der Waals surface area contributed by atoms with Gasteiger partial charge in [-0.1, -0.05) is 54.0 Å². The Morgan fingerprint density at radius 2 is 2.21 bits per heavy atom. The van der Waals surface area contributed by atoms with Crippen LogP contribution in [0.25, 0.3) is 10.2 Å². The number of nitrogens with one attached hydrogen (secondary N) is 1. The zero-order valence-corrected chi connectivity index (χ0v) is 17.8. The molecule has 0 bridgehead atoms. The van der Waals surface area contributed by atoms with Crippen molar-refractivity contribution >= 4 is 44.1 Å². The van der Waals surface area contributed by atoms with Gasteiger partial charge in [-0.05, 0) is 37.6 Å². The molecule has 7 heteroatoms. The first-order valence-electron chi connectivity index (χ1n) is 9.52. The lowest BCUT2D eigenvalue weighted by atomic mass is 9.98. The maximum atomic E-state index is 13.2. The molecule has 1 atom stereocenters. The van der Waals surface area contributed by atoms with E-state index in [-0.39, 0.29) is 5.78 Å². The fraction of sp³-hybridized carbons (Fsp3) is 0.273. The molecule has 0 radical (unpaired) electrons. The smallest absolute Gasteiger partial charge is 0.232 e. The number of hydrogen-bond acceptors (Lipinski definition) is 6. The molecule has 2 aromatic carbocycles. The third kappa shape index (κ3) is 4.15. The van der Waals surface area contributed by atoms with Crippen molar-refractivity contribution in [3.8, 4) is 5.75 Å². The number of thiazole rings is 1. The molecule has 29 heavy (non-hydrogen) atoms. The second-order valence-corrected chi connectivity index (χ2v) is 8.29. The van der Waals surface area contributed by atoms with Crippen LogP contribution in [0.5, 0.6) is 5.75 Å². The van der Waals surface area contributed by atoms with E-state index in [1.807, 2.05) is 37.3 Å². The van der Waals surface area contributed by atoms with E-state index in [9.17, 15) is 4.79 Å². The molecule has 5 nitrogen and oxygen atoms in total. The molecule has 1 N–H and O–H groups in total. The molecule has 0 spiro atoms.